The van der Waals surface area contributed by atoms with Gasteiger partial charge in [0.15, 0.2) is 0 Å². The summed E-state index contributed by atoms with van der Waals surface area (Å²) >= 11 is 0. The quantitative estimate of drug-likeness (QED) is 0.229. The molecule has 3 heterocycles. The predicted octanol–water partition coefficient (Wildman–Crippen LogP) is 4.38. The fourth-order valence-electron chi connectivity index (χ4n) is 4.90. The van der Waals surface area contributed by atoms with Crippen molar-refractivity contribution in [3.63, 3.8) is 0 Å². The van der Waals surface area contributed by atoms with Crippen LogP contribution in [0.3, 0.4) is 0 Å². The molecule has 1 aliphatic rings. The molecule has 2 aromatic carbocycles. The second kappa shape index (κ2) is 13.7. The number of amides is 1. The van der Waals surface area contributed by atoms with E-state index in [9.17, 15) is 10.1 Å². The topological polar surface area (TPSA) is 119 Å². The number of aromatic amines is 1. The van der Waals surface area contributed by atoms with Crippen molar-refractivity contribution in [3.8, 4) is 17.3 Å². The minimum absolute atomic E-state index is 0.120. The summed E-state index contributed by atoms with van der Waals surface area (Å²) in [6, 6.07) is 17.5. The number of aromatic nitrogens is 3. The van der Waals surface area contributed by atoms with Gasteiger partial charge in [0.2, 0.25) is 5.95 Å². The number of morpholine rings is 1. The molecular formula is C31H35N7O2. The zero-order valence-corrected chi connectivity index (χ0v) is 22.7. The van der Waals surface area contributed by atoms with E-state index in [0.717, 1.165) is 80.0 Å². The number of fused-ring (bicyclic) bond motifs is 1. The first kappa shape index (κ1) is 27.3. The minimum atomic E-state index is -0.120. The molecular weight excluding hydrogens is 502 g/mol. The summed E-state index contributed by atoms with van der Waals surface area (Å²) in [6.07, 6.45) is 7.58. The molecule has 1 aliphatic heterocycles. The number of rotatable bonds is 12. The molecule has 9 nitrogen and oxygen atoms in total. The van der Waals surface area contributed by atoms with Gasteiger partial charge in [-0.15, -0.1) is 0 Å². The zero-order chi connectivity index (χ0) is 27.6. The van der Waals surface area contributed by atoms with Crippen LogP contribution in [0.4, 0.5) is 5.95 Å². The highest BCUT2D eigenvalue weighted by molar-refractivity contribution is 5.94. The number of unbranched alkanes of at least 4 members (excludes halogenated alkanes) is 2. The summed E-state index contributed by atoms with van der Waals surface area (Å²) < 4.78 is 5.40. The molecule has 1 saturated heterocycles. The Hall–Kier alpha value is -4.26. The van der Waals surface area contributed by atoms with Crippen LogP contribution in [-0.2, 0) is 11.2 Å². The lowest BCUT2D eigenvalue weighted by Crippen LogP contribution is -2.36. The number of nitrogens with zero attached hydrogens (tertiary/aromatic N) is 4. The van der Waals surface area contributed by atoms with Crippen molar-refractivity contribution in [3.05, 3.63) is 77.6 Å². The summed E-state index contributed by atoms with van der Waals surface area (Å²) in [5.41, 5.74) is 4.98. The standard InChI is InChI=1S/C31H35N7O2/c32-21-26-22-36-29-9-4-23(20-27(26)29)10-13-33-30(39)25-7-5-24(6-8-25)28-11-14-35-31(37-28)34-12-2-1-3-15-38-16-18-40-19-17-38/h4-9,11,14,20,22,36H,1-3,10,12-13,15-19H2,(H,33,39)(H,34,35,37). The van der Waals surface area contributed by atoms with Gasteiger partial charge in [0.1, 0.15) is 6.07 Å². The molecule has 0 radical (unpaired) electrons. The average Bonchev–Trinajstić information content (AvgIpc) is 3.42. The number of hydrogen-bond acceptors (Lipinski definition) is 7. The van der Waals surface area contributed by atoms with Gasteiger partial charge in [0.05, 0.1) is 24.5 Å². The van der Waals surface area contributed by atoms with Crippen LogP contribution in [-0.4, -0.2) is 71.7 Å². The Kier molecular flexibility index (Phi) is 9.35. The number of anilines is 1. The molecule has 1 fully saturated rings. The number of carbonyl (C=O) groups is 1. The SMILES string of the molecule is N#Cc1c[nH]c2ccc(CCNC(=O)c3ccc(-c4ccnc(NCCCCCN5CCOCC5)n4)cc3)cc12. The van der Waals surface area contributed by atoms with E-state index in [0.29, 0.717) is 30.0 Å². The van der Waals surface area contributed by atoms with E-state index in [4.69, 9.17) is 4.74 Å². The van der Waals surface area contributed by atoms with Crippen LogP contribution in [0.1, 0.15) is 40.7 Å². The largest absolute Gasteiger partial charge is 0.379 e. The lowest BCUT2D eigenvalue weighted by Gasteiger charge is -2.26. The van der Waals surface area contributed by atoms with Gasteiger partial charge in [-0.25, -0.2) is 9.97 Å². The Morgan fingerprint density at radius 2 is 1.90 bits per heavy atom. The van der Waals surface area contributed by atoms with Gasteiger partial charge in [0.25, 0.3) is 5.91 Å². The van der Waals surface area contributed by atoms with E-state index in [-0.39, 0.29) is 5.91 Å². The lowest BCUT2D eigenvalue weighted by molar-refractivity contribution is 0.0371. The van der Waals surface area contributed by atoms with Crippen LogP contribution in [0.15, 0.2) is 60.9 Å². The van der Waals surface area contributed by atoms with Crippen LogP contribution in [0.2, 0.25) is 0 Å². The predicted molar refractivity (Wildman–Crippen MR) is 156 cm³/mol. The average molecular weight is 538 g/mol. The fourth-order valence-corrected chi connectivity index (χ4v) is 4.90. The Morgan fingerprint density at radius 3 is 2.73 bits per heavy atom. The van der Waals surface area contributed by atoms with Gasteiger partial charge in [-0.3, -0.25) is 9.69 Å². The second-order valence-electron chi connectivity index (χ2n) is 9.98. The minimum Gasteiger partial charge on any atom is -0.379 e. The molecule has 2 aromatic heterocycles. The van der Waals surface area contributed by atoms with E-state index in [1.54, 1.807) is 12.4 Å². The molecule has 0 atom stereocenters. The van der Waals surface area contributed by atoms with Crippen molar-refractivity contribution in [2.45, 2.75) is 25.7 Å². The van der Waals surface area contributed by atoms with Crippen molar-refractivity contribution >= 4 is 22.8 Å². The molecule has 0 unspecified atom stereocenters. The van der Waals surface area contributed by atoms with Gasteiger partial charge in [0, 0.05) is 60.6 Å². The van der Waals surface area contributed by atoms with Gasteiger partial charge in [-0.1, -0.05) is 24.6 Å². The van der Waals surface area contributed by atoms with Crippen LogP contribution < -0.4 is 10.6 Å². The zero-order valence-electron chi connectivity index (χ0n) is 22.7. The van der Waals surface area contributed by atoms with Crippen molar-refractivity contribution in [1.29, 1.82) is 5.26 Å². The first-order chi connectivity index (χ1) is 19.7. The third kappa shape index (κ3) is 7.23. The van der Waals surface area contributed by atoms with Crippen LogP contribution in [0.5, 0.6) is 0 Å². The highest BCUT2D eigenvalue weighted by Crippen LogP contribution is 2.20. The molecule has 5 rings (SSSR count). The Balaban J connectivity index is 1.06. The first-order valence-electron chi connectivity index (χ1n) is 14.0. The lowest BCUT2D eigenvalue weighted by atomic mass is 10.1. The Labute approximate surface area is 234 Å². The summed E-state index contributed by atoms with van der Waals surface area (Å²) in [4.78, 5) is 27.3. The van der Waals surface area contributed by atoms with E-state index in [2.05, 4.69) is 36.6 Å². The Bertz CT molecular complexity index is 1450. The number of benzene rings is 2. The monoisotopic (exact) mass is 537 g/mol. The van der Waals surface area contributed by atoms with Crippen LogP contribution >= 0.6 is 0 Å². The number of ether oxygens (including phenoxy) is 1. The molecule has 0 spiro atoms. The van der Waals surface area contributed by atoms with Crippen molar-refractivity contribution < 1.29 is 9.53 Å². The fraction of sp³-hybridized carbons (Fsp3) is 0.355. The summed E-state index contributed by atoms with van der Waals surface area (Å²) in [5.74, 6) is 0.498. The van der Waals surface area contributed by atoms with E-state index in [1.807, 2.05) is 48.5 Å². The van der Waals surface area contributed by atoms with Crippen molar-refractivity contribution in [1.82, 2.24) is 25.2 Å². The van der Waals surface area contributed by atoms with Crippen LogP contribution in [0.25, 0.3) is 22.2 Å². The van der Waals surface area contributed by atoms with Gasteiger partial charge in [-0.05, 0) is 61.7 Å². The summed E-state index contributed by atoms with van der Waals surface area (Å²) in [7, 11) is 0. The van der Waals surface area contributed by atoms with Gasteiger partial charge >= 0.3 is 0 Å². The summed E-state index contributed by atoms with van der Waals surface area (Å²) in [6.45, 7) is 6.27. The number of nitriles is 1. The molecule has 9 heteroatoms. The van der Waals surface area contributed by atoms with E-state index < -0.39 is 0 Å². The second-order valence-corrected chi connectivity index (χ2v) is 9.98. The highest BCUT2D eigenvalue weighted by atomic mass is 16.5. The molecule has 0 bridgehead atoms. The molecule has 4 aromatic rings. The Morgan fingerprint density at radius 1 is 1.05 bits per heavy atom. The molecule has 40 heavy (non-hydrogen) atoms. The van der Waals surface area contributed by atoms with Crippen molar-refractivity contribution in [2.75, 3.05) is 51.3 Å². The highest BCUT2D eigenvalue weighted by Gasteiger charge is 2.10. The number of hydrogen-bond donors (Lipinski definition) is 3. The van der Waals surface area contributed by atoms with E-state index in [1.165, 1.54) is 6.42 Å². The third-order valence-electron chi connectivity index (χ3n) is 7.20. The van der Waals surface area contributed by atoms with Crippen molar-refractivity contribution in [2.24, 2.45) is 0 Å². The van der Waals surface area contributed by atoms with Crippen LogP contribution in [0, 0.1) is 11.3 Å². The molecule has 3 N–H and O–H groups in total. The van der Waals surface area contributed by atoms with Gasteiger partial charge in [-0.2, -0.15) is 5.26 Å². The maximum Gasteiger partial charge on any atom is 0.251 e. The molecule has 1 amide bonds. The maximum absolute atomic E-state index is 12.7. The molecule has 0 saturated carbocycles. The number of H-pyrrole nitrogens is 1. The maximum atomic E-state index is 12.7. The molecule has 206 valence electrons. The number of nitrogens with one attached hydrogen (secondary N) is 3. The first-order valence-corrected chi connectivity index (χ1v) is 14.0. The smallest absolute Gasteiger partial charge is 0.251 e. The van der Waals surface area contributed by atoms with Gasteiger partial charge < -0.3 is 20.4 Å². The summed E-state index contributed by atoms with van der Waals surface area (Å²) in [5, 5.41) is 16.5. The number of carbonyl (C=O) groups excluding carboxylic acids is 1. The normalized spacial score (nSPS) is 13.7. The molecule has 0 aliphatic carbocycles. The third-order valence-corrected chi connectivity index (χ3v) is 7.20. The van der Waals surface area contributed by atoms with E-state index >= 15 is 0 Å².